The van der Waals surface area contributed by atoms with Crippen molar-refractivity contribution < 1.29 is 71.7 Å². The number of oxazole rings is 3. The monoisotopic (exact) mass is 1800 g/mol. The average Bonchev–Trinajstić information content (AvgIpc) is 1.62. The molecule has 16 aromatic rings. The van der Waals surface area contributed by atoms with Crippen molar-refractivity contribution in [2.75, 3.05) is 34.4 Å². The molecule has 0 atom stereocenters. The number of nitrogens with zero attached hydrogens (tertiary/aromatic N) is 7. The third-order valence-corrected chi connectivity index (χ3v) is 23.1. The van der Waals surface area contributed by atoms with Gasteiger partial charge in [-0.15, -0.1) is 0 Å². The molecule has 7 heterocycles. The first-order chi connectivity index (χ1) is 58.3. The largest absolute Gasteiger partial charge is 0.434 e. The summed E-state index contributed by atoms with van der Waals surface area (Å²) in [6.45, 7) is 27.2. The minimum absolute atomic E-state index is 0.298. The number of rotatable bonds is 12. The van der Waals surface area contributed by atoms with Crippen molar-refractivity contribution in [2.24, 2.45) is 0 Å². The highest BCUT2D eigenvalue weighted by Gasteiger charge is 2.40. The molecule has 3 aliphatic rings. The van der Waals surface area contributed by atoms with Crippen LogP contribution in [0.5, 0.6) is 0 Å². The van der Waals surface area contributed by atoms with Crippen molar-refractivity contribution in [3.8, 4) is 22.9 Å². The number of aromatic nitrogens is 7. The minimum Gasteiger partial charge on any atom is -0.434 e. The molecular formula is C93H103Cl5N13O14+. The summed E-state index contributed by atoms with van der Waals surface area (Å²) >= 11 is 31.7. The second kappa shape index (κ2) is 34.5. The standard InChI is InChI=1S/C17H17ClN2O2.C16H15ClN2O2.C13H16ClN2O2.2C13H15ClN2O2.C11H13NO2.C10H12N2O2/c1-9-4-6-10(7-5-9)16-20-12-8-11(19)13(17(2,3)21)14(18)15(12)22-16;1-16(2,20)12-10(18)8-11-14(13(12)17)21-15(19-11)9-6-4-3-5-7-9;1-13(2,17)10-8(15)5-9-12(11(10)14)18-6-16(9)7-3-4-7;1-13(2,17)10-7(15)5-8-9(11(10)14)12(16-18-8)6-3-4-6;1-13(2,17)10-8(15)5-7(14)9-11(6-3-4-6)16-18-12(9)10;1-7-10-8(11(2,3)13)5-4-6-9(10)14-12-7;1-10(2,13)9-8-6(11)4-3-5-7(8)14-12-9/h4-8,21H,19H2,1-3H3;3-8,20H,18H2,1-2H3;5-7,17H,3-4,15H2,1-2H3;2*5-6,17H,3-4,15H2,1-2H3;4-6,13H,1-3H3;3-5,13H,11H2,1-2H3/q;;+1;;;;. The van der Waals surface area contributed by atoms with Gasteiger partial charge >= 0.3 is 6.39 Å². The summed E-state index contributed by atoms with van der Waals surface area (Å²) < 4.78 is 40.0. The molecule has 0 unspecified atom stereocenters. The van der Waals surface area contributed by atoms with Crippen LogP contribution in [0.3, 0.4) is 0 Å². The molecule has 0 spiro atoms. The van der Waals surface area contributed by atoms with Crippen LogP contribution in [0.15, 0.2) is 159 Å². The van der Waals surface area contributed by atoms with E-state index in [1.165, 1.54) is 0 Å². The van der Waals surface area contributed by atoms with Crippen LogP contribution in [0.1, 0.15) is 215 Å². The predicted molar refractivity (Wildman–Crippen MR) is 491 cm³/mol. The van der Waals surface area contributed by atoms with E-state index in [0.29, 0.717) is 172 Å². The van der Waals surface area contributed by atoms with Gasteiger partial charge in [-0.3, -0.25) is 0 Å². The number of nitrogen functional groups attached to an aromatic ring is 6. The summed E-state index contributed by atoms with van der Waals surface area (Å²) in [5.41, 5.74) is 46.2. The van der Waals surface area contributed by atoms with Gasteiger partial charge in [0, 0.05) is 104 Å². The van der Waals surface area contributed by atoms with Gasteiger partial charge in [0.05, 0.1) is 103 Å². The van der Waals surface area contributed by atoms with Gasteiger partial charge in [-0.1, -0.05) is 133 Å². The predicted octanol–water partition coefficient (Wildman–Crippen LogP) is 21.1. The van der Waals surface area contributed by atoms with Crippen LogP contribution in [-0.4, -0.2) is 66.3 Å². The fourth-order valence-electron chi connectivity index (χ4n) is 15.1. The van der Waals surface area contributed by atoms with Gasteiger partial charge in [-0.25, -0.2) is 9.97 Å². The maximum Gasteiger partial charge on any atom is 0.335 e. The van der Waals surface area contributed by atoms with Crippen LogP contribution in [-0.2, 0) is 39.2 Å². The zero-order valence-corrected chi connectivity index (χ0v) is 75.9. The fraction of sp³-hybridized carbons (Fsp3) is 0.344. The van der Waals surface area contributed by atoms with E-state index in [1.807, 2.05) is 92.7 Å². The van der Waals surface area contributed by atoms with Gasteiger partial charge in [0.1, 0.15) is 22.3 Å². The number of nitrogens with two attached hydrogens (primary N) is 6. The molecule has 0 radical (unpaired) electrons. The lowest BCUT2D eigenvalue weighted by Crippen LogP contribution is -2.30. The molecule has 27 nitrogen and oxygen atoms in total. The quantitative estimate of drug-likeness (QED) is 0.0399. The highest BCUT2D eigenvalue weighted by molar-refractivity contribution is 6.38. The Kier molecular flexibility index (Phi) is 25.4. The third kappa shape index (κ3) is 19.6. The van der Waals surface area contributed by atoms with Gasteiger partial charge in [0.15, 0.2) is 39.5 Å². The normalized spacial score (nSPS) is 14.0. The first-order valence-corrected chi connectivity index (χ1v) is 42.3. The maximum atomic E-state index is 10.2. The molecule has 7 aromatic heterocycles. The number of hydrogen-bond donors (Lipinski definition) is 13. The van der Waals surface area contributed by atoms with Crippen LogP contribution < -0.4 is 39.0 Å². The van der Waals surface area contributed by atoms with Crippen molar-refractivity contribution in [3.05, 3.63) is 215 Å². The number of halogens is 5. The Morgan fingerprint density at radius 1 is 0.376 bits per heavy atom. The first-order valence-electron chi connectivity index (χ1n) is 40.5. The summed E-state index contributed by atoms with van der Waals surface area (Å²) in [6.07, 6.45) is 8.44. The second-order valence-electron chi connectivity index (χ2n) is 35.5. The Morgan fingerprint density at radius 2 is 0.816 bits per heavy atom. The molecule has 3 saturated carbocycles. The van der Waals surface area contributed by atoms with Crippen molar-refractivity contribution >= 4 is 169 Å². The topological polar surface area (TPSA) is 471 Å². The molecule has 3 aliphatic carbocycles. The highest BCUT2D eigenvalue weighted by atomic mass is 35.5. The van der Waals surface area contributed by atoms with Gasteiger partial charge < -0.3 is 101 Å². The van der Waals surface area contributed by atoms with Crippen LogP contribution in [0, 0.1) is 13.8 Å². The zero-order chi connectivity index (χ0) is 91.2. The molecule has 0 amide bonds. The number of anilines is 6. The summed E-state index contributed by atoms with van der Waals surface area (Å²) in [4.78, 5) is 8.86. The van der Waals surface area contributed by atoms with Gasteiger partial charge in [0.25, 0.3) is 5.52 Å². The molecule has 0 saturated heterocycles. The smallest absolute Gasteiger partial charge is 0.335 e. The van der Waals surface area contributed by atoms with E-state index in [1.54, 1.807) is 146 Å². The lowest BCUT2D eigenvalue weighted by Gasteiger charge is -2.21. The van der Waals surface area contributed by atoms with Gasteiger partial charge in [-0.2, -0.15) is 4.57 Å². The van der Waals surface area contributed by atoms with Crippen molar-refractivity contribution in [1.29, 1.82) is 0 Å². The van der Waals surface area contributed by atoms with Crippen LogP contribution in [0.4, 0.5) is 34.1 Å². The Hall–Kier alpha value is -10.8. The minimum atomic E-state index is -1.16. The van der Waals surface area contributed by atoms with E-state index in [2.05, 4.69) is 35.2 Å². The molecule has 3 fully saturated rings. The number of aryl methyl sites for hydroxylation is 2. The Morgan fingerprint density at radius 3 is 1.31 bits per heavy atom. The molecule has 9 aromatic carbocycles. The Bertz CT molecular complexity index is 6670. The van der Waals surface area contributed by atoms with E-state index in [-0.39, 0.29) is 0 Å². The van der Waals surface area contributed by atoms with Gasteiger partial charge in [0.2, 0.25) is 17.4 Å². The number of fused-ring (bicyclic) bond motifs is 7. The molecule has 19 rings (SSSR count). The van der Waals surface area contributed by atoms with E-state index in [0.717, 1.165) is 105 Å². The number of benzene rings is 9. The Labute approximate surface area is 745 Å². The summed E-state index contributed by atoms with van der Waals surface area (Å²) in [5.74, 6) is 1.81. The molecule has 32 heteroatoms. The van der Waals surface area contributed by atoms with Crippen molar-refractivity contribution in [1.82, 2.24) is 30.6 Å². The maximum absolute atomic E-state index is 10.2. The van der Waals surface area contributed by atoms with Crippen LogP contribution >= 0.6 is 58.0 Å². The first kappa shape index (κ1) is 91.9. The molecular weight excluding hydrogens is 1700 g/mol. The lowest BCUT2D eigenvalue weighted by atomic mass is 9.94. The Balaban J connectivity index is 0.000000126. The van der Waals surface area contributed by atoms with E-state index in [9.17, 15) is 35.7 Å². The molecule has 0 aliphatic heterocycles. The molecule has 658 valence electrons. The average molecular weight is 1800 g/mol. The summed E-state index contributed by atoms with van der Waals surface area (Å²) in [5, 5.41) is 91.8. The highest BCUT2D eigenvalue weighted by Crippen LogP contribution is 2.51. The van der Waals surface area contributed by atoms with E-state index >= 15 is 0 Å². The SMILES string of the molecule is CC(C)(O)c1c(N)cc(Cl)c2c(C3CC3)noc12.CC(C)(O)c1c(N)cc2c(oc[n+]2C2CC2)c1Cl.CC(C)(O)c1c(N)cc2nc(-c3ccccc3)oc2c1Cl.CC(C)(O)c1c(N)cc2onc(C3CC3)c2c1Cl.CC(C)(O)c1noc2cccc(N)c12.Cc1ccc(-c2nc3cc(N)c(C(C)(C)O)c(Cl)c3o2)cc1.Cc1noc2cccc(C(C)(C)O)c12. The van der Waals surface area contributed by atoms with Crippen molar-refractivity contribution in [2.45, 2.75) is 206 Å². The van der Waals surface area contributed by atoms with E-state index in [4.69, 9.17) is 124 Å². The summed E-state index contributed by atoms with van der Waals surface area (Å²) in [6, 6.07) is 37.3. The summed E-state index contributed by atoms with van der Waals surface area (Å²) in [7, 11) is 0. The van der Waals surface area contributed by atoms with Gasteiger partial charge in [-0.05, 0) is 203 Å². The van der Waals surface area contributed by atoms with E-state index < -0.39 is 39.2 Å². The third-order valence-electron chi connectivity index (χ3n) is 21.3. The number of hydrogen-bond acceptors (Lipinski definition) is 26. The van der Waals surface area contributed by atoms with Crippen LogP contribution in [0.25, 0.3) is 100 Å². The zero-order valence-electron chi connectivity index (χ0n) is 72.1. The van der Waals surface area contributed by atoms with Crippen molar-refractivity contribution in [3.63, 3.8) is 0 Å². The second-order valence-corrected chi connectivity index (χ2v) is 37.4. The molecule has 125 heavy (non-hydrogen) atoms. The lowest BCUT2D eigenvalue weighted by molar-refractivity contribution is -0.679. The molecule has 0 bridgehead atoms. The van der Waals surface area contributed by atoms with Crippen LogP contribution in [0.2, 0.25) is 25.1 Å². The number of aliphatic hydroxyl groups is 7. The fourth-order valence-corrected chi connectivity index (χ4v) is 17.3. The molecule has 19 N–H and O–H groups in total.